The average molecular weight is 266 g/mol. The second kappa shape index (κ2) is 9.09. The van der Waals surface area contributed by atoms with Crippen LogP contribution in [0.1, 0.15) is 0 Å². The van der Waals surface area contributed by atoms with Crippen molar-refractivity contribution in [3.63, 3.8) is 0 Å². The van der Waals surface area contributed by atoms with Gasteiger partial charge in [0, 0.05) is 17.1 Å². The second-order valence-electron chi connectivity index (χ2n) is 1.34. The van der Waals surface area contributed by atoms with Crippen LogP contribution in [-0.2, 0) is 17.1 Å². The molecule has 0 saturated carbocycles. The van der Waals surface area contributed by atoms with E-state index in [1.165, 1.54) is 0 Å². The first-order valence-corrected chi connectivity index (χ1v) is 4.12. The van der Waals surface area contributed by atoms with E-state index < -0.39 is 0 Å². The first kappa shape index (κ1) is 14.5. The summed E-state index contributed by atoms with van der Waals surface area (Å²) in [6.07, 6.45) is 0. The van der Waals surface area contributed by atoms with Gasteiger partial charge in [-0.2, -0.15) is 0 Å². The second-order valence-corrected chi connectivity index (χ2v) is 3.66. The quantitative estimate of drug-likeness (QED) is 0.199. The van der Waals surface area contributed by atoms with Gasteiger partial charge in [-0.15, -0.1) is 25.3 Å². The molecule has 11 heavy (non-hydrogen) atoms. The molecule has 0 aromatic heterocycles. The molecular formula is C4H7MnN2S4-. The summed E-state index contributed by atoms with van der Waals surface area (Å²) in [6, 6.07) is 0. The van der Waals surface area contributed by atoms with E-state index >= 15 is 0 Å². The Morgan fingerprint density at radius 1 is 1.27 bits per heavy atom. The molecule has 0 aliphatic carbocycles. The number of thiocarbonyl (C=S) groups is 2. The van der Waals surface area contributed by atoms with E-state index in [1.54, 1.807) is 6.54 Å². The van der Waals surface area contributed by atoms with Crippen molar-refractivity contribution in [3.8, 4) is 0 Å². The fourth-order valence-corrected chi connectivity index (χ4v) is 0.626. The Bertz CT molecular complexity index is 124. The summed E-state index contributed by atoms with van der Waals surface area (Å²) in [7, 11) is 0. The SMILES string of the molecule is S=C(S)N[CH-]CNC(=S)S.[Mn]. The van der Waals surface area contributed by atoms with Gasteiger partial charge in [-0.05, 0) is 0 Å². The first-order valence-electron chi connectivity index (χ1n) is 2.41. The molecule has 2 N–H and O–H groups in total. The van der Waals surface area contributed by atoms with E-state index in [-0.39, 0.29) is 17.1 Å². The number of thiol groups is 2. The predicted molar refractivity (Wildman–Crippen MR) is 58.6 cm³/mol. The van der Waals surface area contributed by atoms with Gasteiger partial charge >= 0.3 is 0 Å². The third kappa shape index (κ3) is 13.9. The zero-order chi connectivity index (χ0) is 7.98. The molecule has 7 heteroatoms. The summed E-state index contributed by atoms with van der Waals surface area (Å²) in [5.74, 6) is 0. The standard InChI is InChI=1S/C4H7N2S4.Mn/c7-3(8)5-1-2-6-4(9)10;/h1H,2H2,(H2,5,7,8)(H2,6,9,10);/q-1;. The minimum absolute atomic E-state index is 0. The van der Waals surface area contributed by atoms with Gasteiger partial charge in [-0.1, -0.05) is 31.0 Å². The van der Waals surface area contributed by atoms with Crippen LogP contribution in [0.3, 0.4) is 0 Å². The molecule has 0 fully saturated rings. The first-order chi connectivity index (χ1) is 4.63. The monoisotopic (exact) mass is 266 g/mol. The molecule has 0 aliphatic heterocycles. The molecule has 0 saturated heterocycles. The fraction of sp³-hybridized carbons (Fsp3) is 0.250. The van der Waals surface area contributed by atoms with E-state index in [1.807, 2.05) is 0 Å². The maximum absolute atomic E-state index is 4.63. The molecule has 0 unspecified atom stereocenters. The van der Waals surface area contributed by atoms with Gasteiger partial charge in [0.25, 0.3) is 0 Å². The van der Waals surface area contributed by atoms with Gasteiger partial charge in [0.05, 0.1) is 0 Å². The van der Waals surface area contributed by atoms with E-state index in [2.05, 4.69) is 60.3 Å². The molecule has 0 rings (SSSR count). The number of hydrogen-bond acceptors (Lipinski definition) is 2. The van der Waals surface area contributed by atoms with Gasteiger partial charge in [0.15, 0.2) is 0 Å². The Kier molecular flexibility index (Phi) is 12.0. The van der Waals surface area contributed by atoms with Crippen molar-refractivity contribution in [1.29, 1.82) is 0 Å². The maximum atomic E-state index is 4.63. The summed E-state index contributed by atoms with van der Waals surface area (Å²) in [4.78, 5) is 0. The number of rotatable bonds is 3. The molecule has 0 amide bonds. The predicted octanol–water partition coefficient (Wildman–Crippen LogP) is 0.754. The molecule has 0 bridgehead atoms. The van der Waals surface area contributed by atoms with Crippen molar-refractivity contribution in [1.82, 2.24) is 10.6 Å². The van der Waals surface area contributed by atoms with Crippen LogP contribution in [0.25, 0.3) is 0 Å². The van der Waals surface area contributed by atoms with Crippen LogP contribution in [0.5, 0.6) is 0 Å². The van der Waals surface area contributed by atoms with Crippen molar-refractivity contribution < 1.29 is 17.1 Å². The summed E-state index contributed by atoms with van der Waals surface area (Å²) >= 11 is 16.9. The van der Waals surface area contributed by atoms with Crippen LogP contribution in [0, 0.1) is 6.54 Å². The van der Waals surface area contributed by atoms with Gasteiger partial charge < -0.3 is 10.6 Å². The van der Waals surface area contributed by atoms with Crippen molar-refractivity contribution in [2.24, 2.45) is 0 Å². The summed E-state index contributed by atoms with van der Waals surface area (Å²) in [5.41, 5.74) is 0. The van der Waals surface area contributed by atoms with Gasteiger partial charge in [0.1, 0.15) is 8.64 Å². The van der Waals surface area contributed by atoms with Gasteiger partial charge in [-0.3, -0.25) is 0 Å². The molecule has 0 aromatic carbocycles. The molecule has 0 spiro atoms. The number of hydrogen-bond donors (Lipinski definition) is 4. The summed E-state index contributed by atoms with van der Waals surface area (Å²) < 4.78 is 0.898. The molecule has 0 aliphatic rings. The van der Waals surface area contributed by atoms with Crippen LogP contribution < -0.4 is 10.6 Å². The molecule has 2 nitrogen and oxygen atoms in total. The van der Waals surface area contributed by atoms with E-state index in [9.17, 15) is 0 Å². The van der Waals surface area contributed by atoms with Gasteiger partial charge in [0.2, 0.25) is 0 Å². The molecule has 1 radical (unpaired) electrons. The third-order valence-electron chi connectivity index (χ3n) is 0.581. The zero-order valence-electron chi connectivity index (χ0n) is 5.37. The number of nitrogens with one attached hydrogen (secondary N) is 2. The Labute approximate surface area is 98.6 Å². The third-order valence-corrected chi connectivity index (χ3v) is 1.13. The molecule has 0 atom stereocenters. The topological polar surface area (TPSA) is 24.1 Å². The molecule has 0 aromatic rings. The Hall–Kier alpha value is 0.999. The molecule has 65 valence electrons. The normalized spacial score (nSPS) is 7.82. The fourth-order valence-electron chi connectivity index (χ4n) is 0.277. The van der Waals surface area contributed by atoms with Crippen LogP contribution in [0.15, 0.2) is 0 Å². The van der Waals surface area contributed by atoms with E-state index in [4.69, 9.17) is 0 Å². The zero-order valence-corrected chi connectivity index (χ0v) is 9.98. The van der Waals surface area contributed by atoms with Crippen LogP contribution in [0.4, 0.5) is 0 Å². The minimum Gasteiger partial charge on any atom is -0.519 e. The molecule has 0 heterocycles. The smallest absolute Gasteiger partial charge is 0.128 e. The van der Waals surface area contributed by atoms with Crippen molar-refractivity contribution in [2.75, 3.05) is 6.54 Å². The van der Waals surface area contributed by atoms with Crippen molar-refractivity contribution in [3.05, 3.63) is 6.54 Å². The van der Waals surface area contributed by atoms with Crippen molar-refractivity contribution in [2.45, 2.75) is 0 Å². The minimum atomic E-state index is 0. The van der Waals surface area contributed by atoms with Crippen LogP contribution in [-0.4, -0.2) is 15.2 Å². The van der Waals surface area contributed by atoms with Crippen LogP contribution >= 0.6 is 49.7 Å². The van der Waals surface area contributed by atoms with Crippen molar-refractivity contribution >= 4 is 58.3 Å². The van der Waals surface area contributed by atoms with Crippen LogP contribution in [0.2, 0.25) is 0 Å². The average Bonchev–Trinajstić information content (AvgIpc) is 1.79. The summed E-state index contributed by atoms with van der Waals surface area (Å²) in [6.45, 7) is 2.29. The Morgan fingerprint density at radius 2 is 1.82 bits per heavy atom. The van der Waals surface area contributed by atoms with Gasteiger partial charge in [-0.25, -0.2) is 6.54 Å². The van der Waals surface area contributed by atoms with E-state index in [0.717, 1.165) is 0 Å². The van der Waals surface area contributed by atoms with E-state index in [0.29, 0.717) is 15.2 Å². The molecular weight excluding hydrogens is 259 g/mol. The Morgan fingerprint density at radius 3 is 2.18 bits per heavy atom. The maximum Gasteiger partial charge on any atom is 0.128 e. The Balaban J connectivity index is 0. The largest absolute Gasteiger partial charge is 0.519 e. The summed E-state index contributed by atoms with van der Waals surface area (Å²) in [5, 5.41) is 5.50.